The van der Waals surface area contributed by atoms with Gasteiger partial charge in [-0.1, -0.05) is 47.0 Å². The van der Waals surface area contributed by atoms with E-state index in [9.17, 15) is 13.2 Å². The van der Waals surface area contributed by atoms with Crippen LogP contribution < -0.4 is 15.2 Å². The Labute approximate surface area is 193 Å². The van der Waals surface area contributed by atoms with Gasteiger partial charge >= 0.3 is 0 Å². The Hall–Kier alpha value is -2.12. The van der Waals surface area contributed by atoms with Gasteiger partial charge in [0.15, 0.2) is 8.68 Å². The number of nitrogens with one attached hydrogen (secondary N) is 1. The first-order chi connectivity index (χ1) is 14.7. The van der Waals surface area contributed by atoms with E-state index in [0.29, 0.717) is 10.0 Å². The van der Waals surface area contributed by atoms with Crippen LogP contribution in [0.25, 0.3) is 0 Å². The number of ether oxygens (including phenoxy) is 1. The molecule has 3 aromatic rings. The summed E-state index contributed by atoms with van der Waals surface area (Å²) in [6.45, 7) is 1.77. The van der Waals surface area contributed by atoms with E-state index in [0.717, 1.165) is 21.4 Å². The van der Waals surface area contributed by atoms with Crippen LogP contribution in [0.5, 0.6) is 5.75 Å². The largest absolute Gasteiger partial charge is 0.497 e. The molecule has 31 heavy (non-hydrogen) atoms. The fourth-order valence-electron chi connectivity index (χ4n) is 2.35. The Morgan fingerprint density at radius 2 is 1.77 bits per heavy atom. The van der Waals surface area contributed by atoms with Gasteiger partial charge < -0.3 is 10.1 Å². The van der Waals surface area contributed by atoms with Gasteiger partial charge in [0.25, 0.3) is 0 Å². The predicted molar refractivity (Wildman–Crippen MR) is 124 cm³/mol. The molecule has 1 heterocycles. The van der Waals surface area contributed by atoms with Crippen LogP contribution in [0, 0.1) is 0 Å². The molecule has 0 bridgehead atoms. The number of rotatable bonds is 9. The third kappa shape index (κ3) is 6.94. The van der Waals surface area contributed by atoms with E-state index in [1.54, 1.807) is 25.8 Å². The van der Waals surface area contributed by atoms with E-state index < -0.39 is 15.3 Å². The molecule has 1 atom stereocenters. The van der Waals surface area contributed by atoms with Gasteiger partial charge in [0, 0.05) is 11.4 Å². The van der Waals surface area contributed by atoms with Gasteiger partial charge in [-0.25, -0.2) is 13.6 Å². The molecule has 0 spiro atoms. The Bertz CT molecular complexity index is 1130. The van der Waals surface area contributed by atoms with Crippen LogP contribution in [0.2, 0.25) is 0 Å². The Morgan fingerprint density at radius 1 is 1.13 bits per heavy atom. The van der Waals surface area contributed by atoms with Crippen LogP contribution in [-0.4, -0.2) is 36.9 Å². The molecule has 8 nitrogen and oxygen atoms in total. The van der Waals surface area contributed by atoms with Gasteiger partial charge in [-0.05, 0) is 48.9 Å². The number of primary sulfonamides is 1. The number of nitrogens with zero attached hydrogens (tertiary/aromatic N) is 2. The number of thioether (sulfide) groups is 2. The number of sulfonamides is 1. The number of carbonyl (C=O) groups is 1. The van der Waals surface area contributed by atoms with Crippen molar-refractivity contribution in [2.75, 3.05) is 12.4 Å². The Kier molecular flexibility index (Phi) is 7.94. The van der Waals surface area contributed by atoms with Gasteiger partial charge in [0.2, 0.25) is 15.9 Å². The van der Waals surface area contributed by atoms with Crippen LogP contribution in [0.15, 0.2) is 62.1 Å². The normalized spacial score (nSPS) is 12.4. The minimum atomic E-state index is -3.77. The number of carbonyl (C=O) groups excluding carboxylic acids is 1. The molecule has 0 radical (unpaired) electrons. The average molecular weight is 497 g/mol. The highest BCUT2D eigenvalue weighted by Gasteiger charge is 2.18. The van der Waals surface area contributed by atoms with Gasteiger partial charge in [-0.2, -0.15) is 0 Å². The minimum Gasteiger partial charge on any atom is -0.497 e. The number of aromatic nitrogens is 2. The smallest absolute Gasteiger partial charge is 0.238 e. The molecule has 0 saturated carbocycles. The number of anilines is 1. The molecule has 1 unspecified atom stereocenters. The summed E-state index contributed by atoms with van der Waals surface area (Å²) < 4.78 is 29.3. The van der Waals surface area contributed by atoms with Crippen molar-refractivity contribution in [3.8, 4) is 5.75 Å². The zero-order chi connectivity index (χ0) is 22.4. The zero-order valence-corrected chi connectivity index (χ0v) is 19.9. The summed E-state index contributed by atoms with van der Waals surface area (Å²) in [6.07, 6.45) is 0. The van der Waals surface area contributed by atoms with Crippen molar-refractivity contribution in [2.24, 2.45) is 5.14 Å². The van der Waals surface area contributed by atoms with Crippen molar-refractivity contribution in [2.45, 2.75) is 31.5 Å². The lowest BCUT2D eigenvalue weighted by molar-refractivity contribution is -0.115. The molecule has 1 amide bonds. The van der Waals surface area contributed by atoms with E-state index >= 15 is 0 Å². The van der Waals surface area contributed by atoms with E-state index in [4.69, 9.17) is 9.88 Å². The molecule has 12 heteroatoms. The second-order valence-electron chi connectivity index (χ2n) is 6.29. The lowest BCUT2D eigenvalue weighted by Crippen LogP contribution is -2.22. The lowest BCUT2D eigenvalue weighted by atomic mass is 10.2. The SMILES string of the molecule is COc1ccc(CSc2nnc(SC(C)C(=O)Nc3ccc(S(N)(=O)=O)cc3)s2)cc1. The Morgan fingerprint density at radius 3 is 2.39 bits per heavy atom. The maximum Gasteiger partial charge on any atom is 0.238 e. The summed E-state index contributed by atoms with van der Waals surface area (Å²) in [5.74, 6) is 1.35. The quantitative estimate of drug-likeness (QED) is 0.431. The van der Waals surface area contributed by atoms with Gasteiger partial charge in [-0.3, -0.25) is 4.79 Å². The third-order valence-electron chi connectivity index (χ3n) is 4.01. The first-order valence-electron chi connectivity index (χ1n) is 8.94. The van der Waals surface area contributed by atoms with E-state index in [1.807, 2.05) is 24.3 Å². The summed E-state index contributed by atoms with van der Waals surface area (Å²) in [7, 11) is -2.13. The van der Waals surface area contributed by atoms with Crippen LogP contribution >= 0.6 is 34.9 Å². The summed E-state index contributed by atoms with van der Waals surface area (Å²) >= 11 is 4.33. The molecule has 0 aliphatic rings. The summed E-state index contributed by atoms with van der Waals surface area (Å²) in [6, 6.07) is 13.5. The highest BCUT2D eigenvalue weighted by molar-refractivity contribution is 8.03. The molecular weight excluding hydrogens is 477 g/mol. The molecule has 1 aromatic heterocycles. The predicted octanol–water partition coefficient (Wildman–Crippen LogP) is 3.61. The molecule has 164 valence electrons. The monoisotopic (exact) mass is 496 g/mol. The van der Waals surface area contributed by atoms with Gasteiger partial charge in [0.1, 0.15) is 5.75 Å². The number of amides is 1. The first kappa shape index (κ1) is 23.5. The molecular formula is C19H20N4O4S4. The molecule has 3 N–H and O–H groups in total. The second-order valence-corrected chi connectivity index (χ2v) is 11.6. The number of nitrogens with two attached hydrogens (primary N) is 1. The van der Waals surface area contributed by atoms with E-state index in [-0.39, 0.29) is 10.8 Å². The first-order valence-corrected chi connectivity index (χ1v) is 13.2. The summed E-state index contributed by atoms with van der Waals surface area (Å²) in [5.41, 5.74) is 1.63. The van der Waals surface area contributed by atoms with Crippen molar-refractivity contribution < 1.29 is 17.9 Å². The van der Waals surface area contributed by atoms with Crippen LogP contribution in [0.1, 0.15) is 12.5 Å². The second kappa shape index (κ2) is 10.5. The number of methoxy groups -OCH3 is 1. The van der Waals surface area contributed by atoms with Crippen molar-refractivity contribution in [1.82, 2.24) is 10.2 Å². The number of hydrogen-bond donors (Lipinski definition) is 2. The fraction of sp³-hybridized carbons (Fsp3) is 0.211. The fourth-order valence-corrected chi connectivity index (χ4v) is 5.98. The average Bonchev–Trinajstić information content (AvgIpc) is 3.19. The number of benzene rings is 2. The maximum absolute atomic E-state index is 12.4. The molecule has 0 fully saturated rings. The standard InChI is InChI=1S/C19H20N4O4S4/c1-12(17(24)21-14-5-9-16(10-6-14)31(20,25)26)29-19-23-22-18(30-19)28-11-13-3-7-15(27-2)8-4-13/h3-10,12H,11H2,1-2H3,(H,21,24)(H2,20,25,26). The van der Waals surface area contributed by atoms with Gasteiger partial charge in [-0.15, -0.1) is 10.2 Å². The zero-order valence-electron chi connectivity index (χ0n) is 16.6. The summed E-state index contributed by atoms with van der Waals surface area (Å²) in [5, 5.41) is 15.7. The van der Waals surface area contributed by atoms with Crippen LogP contribution in [-0.2, 0) is 20.6 Å². The van der Waals surface area contributed by atoms with Crippen molar-refractivity contribution in [1.29, 1.82) is 0 Å². The van der Waals surface area contributed by atoms with Gasteiger partial charge in [0.05, 0.1) is 17.3 Å². The molecule has 0 aliphatic carbocycles. The van der Waals surface area contributed by atoms with Crippen molar-refractivity contribution >= 4 is 56.5 Å². The topological polar surface area (TPSA) is 124 Å². The maximum atomic E-state index is 12.4. The van der Waals surface area contributed by atoms with Crippen LogP contribution in [0.4, 0.5) is 5.69 Å². The van der Waals surface area contributed by atoms with Crippen molar-refractivity contribution in [3.63, 3.8) is 0 Å². The van der Waals surface area contributed by atoms with E-state index in [1.165, 1.54) is 47.4 Å². The molecule has 3 rings (SSSR count). The minimum absolute atomic E-state index is 0.0125. The third-order valence-corrected chi connectivity index (χ3v) is 8.25. The highest BCUT2D eigenvalue weighted by atomic mass is 32.2. The molecule has 2 aromatic carbocycles. The summed E-state index contributed by atoms with van der Waals surface area (Å²) in [4.78, 5) is 12.4. The Balaban J connectivity index is 1.51. The highest BCUT2D eigenvalue weighted by Crippen LogP contribution is 2.33. The lowest BCUT2D eigenvalue weighted by Gasteiger charge is -2.10. The molecule has 0 saturated heterocycles. The van der Waals surface area contributed by atoms with E-state index in [2.05, 4.69) is 15.5 Å². The number of hydrogen-bond acceptors (Lipinski definition) is 9. The van der Waals surface area contributed by atoms with Crippen molar-refractivity contribution in [3.05, 3.63) is 54.1 Å². The van der Waals surface area contributed by atoms with Crippen LogP contribution in [0.3, 0.4) is 0 Å². The molecule has 0 aliphatic heterocycles.